The van der Waals surface area contributed by atoms with Gasteiger partial charge in [-0.25, -0.2) is 9.59 Å². The third-order valence-corrected chi connectivity index (χ3v) is 11.5. The van der Waals surface area contributed by atoms with E-state index in [-0.39, 0.29) is 119 Å². The number of carbonyl (C=O) groups is 3. The first-order chi connectivity index (χ1) is 22.1. The summed E-state index contributed by atoms with van der Waals surface area (Å²) in [5.41, 5.74) is 0.679. The van der Waals surface area contributed by atoms with Crippen molar-refractivity contribution in [3.63, 3.8) is 0 Å². The quantitative estimate of drug-likeness (QED) is 0.211. The van der Waals surface area contributed by atoms with Crippen LogP contribution in [0.4, 0.5) is 0 Å². The Bertz CT molecular complexity index is 1610. The second-order valence-corrected chi connectivity index (χ2v) is 14.3. The molecule has 10 atom stereocenters. The molecule has 258 valence electrons. The molecule has 1 saturated heterocycles. The number of ketones is 1. The van der Waals surface area contributed by atoms with Crippen LogP contribution in [0.25, 0.3) is 0 Å². The molecular formula is C36H43Ac2NO10. The number of benzene rings is 2. The van der Waals surface area contributed by atoms with Gasteiger partial charge in [-0.2, -0.15) is 0 Å². The minimum absolute atomic E-state index is 0. The molecule has 4 aliphatic rings. The van der Waals surface area contributed by atoms with Crippen LogP contribution in [0.2, 0.25) is 0 Å². The summed E-state index contributed by atoms with van der Waals surface area (Å²) in [5, 5.41) is 48.0. The largest absolute Gasteiger partial charge is 0.456 e. The summed E-state index contributed by atoms with van der Waals surface area (Å²) in [6.45, 7) is 6.33. The maximum Gasteiger partial charge on any atom is 0.338 e. The van der Waals surface area contributed by atoms with E-state index in [1.807, 2.05) is 0 Å². The van der Waals surface area contributed by atoms with Crippen molar-refractivity contribution in [3.05, 3.63) is 82.9 Å². The van der Waals surface area contributed by atoms with Crippen molar-refractivity contribution in [1.82, 2.24) is 0 Å². The Balaban J connectivity index is 0.00000270. The Morgan fingerprint density at radius 2 is 1.57 bits per heavy atom. The van der Waals surface area contributed by atoms with Crippen LogP contribution in [0.15, 0.2) is 71.8 Å². The van der Waals surface area contributed by atoms with Gasteiger partial charge >= 0.3 is 11.9 Å². The fourth-order valence-corrected chi connectivity index (χ4v) is 8.61. The summed E-state index contributed by atoms with van der Waals surface area (Å²) in [6, 6.07) is 15.6. The molecule has 6 N–H and O–H groups in total. The average Bonchev–Trinajstić information content (AvgIpc) is 3.04. The monoisotopic (exact) mass is 1100 g/mol. The van der Waals surface area contributed by atoms with Crippen LogP contribution >= 0.6 is 0 Å². The van der Waals surface area contributed by atoms with E-state index < -0.39 is 82.2 Å². The van der Waals surface area contributed by atoms with Crippen molar-refractivity contribution in [1.29, 1.82) is 0 Å². The van der Waals surface area contributed by atoms with Gasteiger partial charge in [0, 0.05) is 111 Å². The van der Waals surface area contributed by atoms with Crippen molar-refractivity contribution in [2.75, 3.05) is 6.61 Å². The molecule has 13 heteroatoms. The van der Waals surface area contributed by atoms with Crippen molar-refractivity contribution in [2.24, 2.45) is 22.5 Å². The van der Waals surface area contributed by atoms with E-state index >= 15 is 0 Å². The summed E-state index contributed by atoms with van der Waals surface area (Å²) < 4.78 is 17.8. The number of aliphatic hydroxyl groups excluding tert-OH is 2. The molecule has 3 aliphatic carbocycles. The van der Waals surface area contributed by atoms with Gasteiger partial charge in [0.15, 0.2) is 11.9 Å². The predicted octanol–water partition coefficient (Wildman–Crippen LogP) is 2.15. The number of Topliss-reactive ketones (excluding diaryl/α,β-unsaturated/α-hetero) is 1. The van der Waals surface area contributed by atoms with Crippen LogP contribution in [0, 0.1) is 105 Å². The Morgan fingerprint density at radius 1 is 0.980 bits per heavy atom. The molecule has 2 saturated carbocycles. The van der Waals surface area contributed by atoms with Crippen molar-refractivity contribution in [2.45, 2.75) is 94.7 Å². The molecule has 0 spiro atoms. The van der Waals surface area contributed by atoms with Crippen molar-refractivity contribution < 1.29 is 137 Å². The number of hydrogen-bond acceptors (Lipinski definition) is 11. The molecule has 1 aliphatic heterocycles. The van der Waals surface area contributed by atoms with Gasteiger partial charge in [0.05, 0.1) is 24.3 Å². The number of ether oxygens (including phenoxy) is 3. The Kier molecular flexibility index (Phi) is 12.7. The van der Waals surface area contributed by atoms with Gasteiger partial charge in [-0.1, -0.05) is 69.3 Å². The van der Waals surface area contributed by atoms with Crippen molar-refractivity contribution in [3.8, 4) is 0 Å². The zero-order chi connectivity index (χ0) is 34.1. The van der Waals surface area contributed by atoms with E-state index in [0.717, 1.165) is 0 Å². The van der Waals surface area contributed by atoms with E-state index in [0.29, 0.717) is 17.6 Å². The fourth-order valence-electron chi connectivity index (χ4n) is 8.61. The van der Waals surface area contributed by atoms with Gasteiger partial charge in [0.1, 0.15) is 29.5 Å². The molecule has 49 heavy (non-hydrogen) atoms. The number of carbonyl (C=O) groups excluding carboxylic acids is 3. The molecule has 11 nitrogen and oxygen atoms in total. The number of nitrogens with two attached hydrogens (primary N) is 1. The number of fused-ring (bicyclic) bond motifs is 5. The van der Waals surface area contributed by atoms with E-state index in [1.165, 1.54) is 0 Å². The first-order valence-corrected chi connectivity index (χ1v) is 16.0. The summed E-state index contributed by atoms with van der Waals surface area (Å²) in [7, 11) is 0. The summed E-state index contributed by atoms with van der Waals surface area (Å²) >= 11 is 0. The minimum Gasteiger partial charge on any atom is -0.456 e. The van der Waals surface area contributed by atoms with E-state index in [9.17, 15) is 34.8 Å². The maximum atomic E-state index is 14.5. The molecule has 2 aromatic carbocycles. The summed E-state index contributed by atoms with van der Waals surface area (Å²) in [5.74, 6) is -3.66. The second-order valence-electron chi connectivity index (χ2n) is 14.3. The van der Waals surface area contributed by atoms with E-state index in [2.05, 4.69) is 0 Å². The number of aliphatic hydroxyl groups is 4. The Hall–Kier alpha value is -0.567. The third kappa shape index (κ3) is 6.64. The zero-order valence-electron chi connectivity index (χ0n) is 28.1. The van der Waals surface area contributed by atoms with Crippen molar-refractivity contribution >= 4 is 17.7 Å². The smallest absolute Gasteiger partial charge is 0.338 e. The number of esters is 2. The Labute approximate surface area is 357 Å². The average molecular weight is 1100 g/mol. The molecule has 1 heterocycles. The molecule has 2 radical (unpaired) electrons. The van der Waals surface area contributed by atoms with Gasteiger partial charge in [-0.15, -0.1) is 0 Å². The molecule has 8 unspecified atom stereocenters. The first-order valence-electron chi connectivity index (χ1n) is 16.0. The predicted molar refractivity (Wildman–Crippen MR) is 167 cm³/mol. The van der Waals surface area contributed by atoms with Gasteiger partial charge in [0.25, 0.3) is 0 Å². The zero-order valence-corrected chi connectivity index (χ0v) is 37.6. The molecule has 6 rings (SSSR count). The van der Waals surface area contributed by atoms with E-state index in [4.69, 9.17) is 19.9 Å². The molecular weight excluding hydrogens is 1060 g/mol. The standard InChI is InChI=1S/C36H43NO10.2Ac/c1-19-22(46-32(42)27(39)25(37)20-11-7-5-8-12-20)17-36(44)30(47-31(41)21-13-9-6-10-14-21)28-34(4,16-15-23-35(28,43)18-45-23)29(40)26(38)24(19)33(36,2)3;;/h5-14,22-23,25-28,30,38-39,43-44H,15-18,37H2,1-4H3;;/t22?,23?,25?,26?,27?,28?,30-,34+,35?,36?;;/m0../s1. The minimum atomic E-state index is -2.11. The molecule has 0 amide bonds. The van der Waals surface area contributed by atoms with Crippen LogP contribution in [0.5, 0.6) is 0 Å². The first kappa shape index (κ1) is 41.2. The van der Waals surface area contributed by atoms with Crippen LogP contribution in [-0.2, 0) is 23.8 Å². The van der Waals surface area contributed by atoms with Crippen LogP contribution < -0.4 is 5.73 Å². The second kappa shape index (κ2) is 15.0. The SMILES string of the molecule is CC1=C2C(O)C(=O)[C@]3(C)CCC4OCC4(O)C3[C@H](OC(=O)c3ccccc3)C(O)(CC1OC(=O)C(O)C(N)c1ccccc1)C2(C)C.[Ac].[Ac]. The van der Waals surface area contributed by atoms with Crippen LogP contribution in [0.1, 0.15) is 68.9 Å². The van der Waals surface area contributed by atoms with Crippen LogP contribution in [-0.4, -0.2) is 86.5 Å². The Morgan fingerprint density at radius 3 is 2.14 bits per heavy atom. The van der Waals surface area contributed by atoms with Gasteiger partial charge in [0.2, 0.25) is 0 Å². The summed E-state index contributed by atoms with van der Waals surface area (Å²) in [4.78, 5) is 41.6. The van der Waals surface area contributed by atoms with Gasteiger partial charge in [-0.3, -0.25) is 4.79 Å². The summed E-state index contributed by atoms with van der Waals surface area (Å²) in [6.07, 6.45) is -6.80. The fraction of sp³-hybridized carbons (Fsp3) is 0.528. The normalized spacial score (nSPS) is 35.7. The topological polar surface area (TPSA) is 186 Å². The molecule has 2 aromatic rings. The molecule has 2 bridgehead atoms. The van der Waals surface area contributed by atoms with Gasteiger partial charge < -0.3 is 40.4 Å². The number of hydrogen-bond donors (Lipinski definition) is 5. The van der Waals surface area contributed by atoms with E-state index in [1.54, 1.807) is 88.4 Å². The van der Waals surface area contributed by atoms with Gasteiger partial charge in [-0.05, 0) is 48.6 Å². The number of rotatable bonds is 6. The third-order valence-electron chi connectivity index (χ3n) is 11.5. The molecule has 3 fully saturated rings. The molecule has 0 aromatic heterocycles. The van der Waals surface area contributed by atoms with Crippen LogP contribution in [0.3, 0.4) is 0 Å². The maximum absolute atomic E-state index is 14.5.